The van der Waals surface area contributed by atoms with Crippen molar-refractivity contribution in [1.82, 2.24) is 4.98 Å². The van der Waals surface area contributed by atoms with E-state index in [1.807, 2.05) is 42.5 Å². The topological polar surface area (TPSA) is 54.5 Å². The first-order valence-electron chi connectivity index (χ1n) is 14.6. The highest BCUT2D eigenvalue weighted by Crippen LogP contribution is 2.29. The fourth-order valence-corrected chi connectivity index (χ4v) is 5.63. The van der Waals surface area contributed by atoms with E-state index >= 15 is 0 Å². The normalized spacial score (nSPS) is 11.6. The Balaban J connectivity index is 1.20. The number of anilines is 2. The molecule has 0 aliphatic heterocycles. The maximum atomic E-state index is 14.0. The molecule has 5 nitrogen and oxygen atoms in total. The van der Waals surface area contributed by atoms with Crippen LogP contribution in [0.4, 0.5) is 15.2 Å². The highest BCUT2D eigenvalue weighted by Gasteiger charge is 2.19. The number of benzene rings is 4. The Morgan fingerprint density at radius 3 is 2.21 bits per heavy atom. The summed E-state index contributed by atoms with van der Waals surface area (Å²) in [6, 6.07) is 37.0. The van der Waals surface area contributed by atoms with Crippen molar-refractivity contribution < 1.29 is 13.9 Å². The molecule has 0 fully saturated rings. The van der Waals surface area contributed by atoms with Gasteiger partial charge in [0.25, 0.3) is 0 Å². The molecule has 1 atom stereocenters. The van der Waals surface area contributed by atoms with E-state index in [4.69, 9.17) is 9.72 Å². The lowest BCUT2D eigenvalue weighted by Crippen LogP contribution is -2.25. The number of carbonyl (C=O) groups is 1. The SMILES string of the molecule is CCOC(=O)C(F)Cc1ccc(NCc2ccc(CN(CCc3ccccc3)c3nc(-c4ccccc4)cs3)cc2)cc1. The van der Waals surface area contributed by atoms with Crippen LogP contribution >= 0.6 is 11.3 Å². The molecule has 0 bridgehead atoms. The van der Waals surface area contributed by atoms with Crippen molar-refractivity contribution >= 4 is 28.1 Å². The molecule has 43 heavy (non-hydrogen) atoms. The summed E-state index contributed by atoms with van der Waals surface area (Å²) in [6.07, 6.45) is -0.693. The minimum absolute atomic E-state index is 0.0114. The molecule has 5 aromatic rings. The van der Waals surface area contributed by atoms with E-state index < -0.39 is 12.1 Å². The molecule has 5 rings (SSSR count). The maximum absolute atomic E-state index is 14.0. The van der Waals surface area contributed by atoms with Gasteiger partial charge in [-0.15, -0.1) is 11.3 Å². The summed E-state index contributed by atoms with van der Waals surface area (Å²) in [5.74, 6) is -0.809. The highest BCUT2D eigenvalue weighted by atomic mass is 32.1. The van der Waals surface area contributed by atoms with Gasteiger partial charge in [-0.1, -0.05) is 97.1 Å². The molecule has 1 unspecified atom stereocenters. The highest BCUT2D eigenvalue weighted by molar-refractivity contribution is 7.14. The first kappa shape index (κ1) is 30.0. The Kier molecular flexibility index (Phi) is 10.5. The van der Waals surface area contributed by atoms with E-state index in [-0.39, 0.29) is 13.0 Å². The van der Waals surface area contributed by atoms with Crippen molar-refractivity contribution in [2.75, 3.05) is 23.4 Å². The van der Waals surface area contributed by atoms with Gasteiger partial charge in [0.1, 0.15) is 0 Å². The number of rotatable bonds is 14. The summed E-state index contributed by atoms with van der Waals surface area (Å²) in [5, 5.41) is 6.58. The van der Waals surface area contributed by atoms with E-state index in [2.05, 4.69) is 82.3 Å². The number of ether oxygens (including phenoxy) is 1. The molecule has 1 aromatic heterocycles. The van der Waals surface area contributed by atoms with Crippen molar-refractivity contribution in [2.24, 2.45) is 0 Å². The second-order valence-corrected chi connectivity index (χ2v) is 11.2. The molecule has 4 aromatic carbocycles. The summed E-state index contributed by atoms with van der Waals surface area (Å²) in [4.78, 5) is 18.9. The third-order valence-corrected chi connectivity index (χ3v) is 8.05. The monoisotopic (exact) mass is 593 g/mol. The minimum Gasteiger partial charge on any atom is -0.464 e. The van der Waals surface area contributed by atoms with Crippen LogP contribution in [0.15, 0.2) is 115 Å². The molecule has 7 heteroatoms. The summed E-state index contributed by atoms with van der Waals surface area (Å²) in [5.41, 5.74) is 7.51. The van der Waals surface area contributed by atoms with Gasteiger partial charge in [-0.2, -0.15) is 0 Å². The second kappa shape index (κ2) is 15.1. The third kappa shape index (κ3) is 8.75. The van der Waals surface area contributed by atoms with Crippen LogP contribution in [0.2, 0.25) is 0 Å². The number of alkyl halides is 1. The fourth-order valence-electron chi connectivity index (χ4n) is 4.77. The summed E-state index contributed by atoms with van der Waals surface area (Å²) >= 11 is 1.68. The number of thiazole rings is 1. The van der Waals surface area contributed by atoms with Crippen molar-refractivity contribution in [3.05, 3.63) is 137 Å². The van der Waals surface area contributed by atoms with Crippen LogP contribution in [0.5, 0.6) is 0 Å². The maximum Gasteiger partial charge on any atom is 0.341 e. The Bertz CT molecular complexity index is 1560. The molecule has 0 radical (unpaired) electrons. The van der Waals surface area contributed by atoms with E-state index in [1.54, 1.807) is 18.3 Å². The van der Waals surface area contributed by atoms with Gasteiger partial charge in [-0.05, 0) is 47.7 Å². The van der Waals surface area contributed by atoms with E-state index in [0.29, 0.717) is 6.54 Å². The molecule has 0 spiro atoms. The number of nitrogens with one attached hydrogen (secondary N) is 1. The third-order valence-electron chi connectivity index (χ3n) is 7.15. The quantitative estimate of drug-likeness (QED) is 0.132. The van der Waals surface area contributed by atoms with Gasteiger partial charge >= 0.3 is 5.97 Å². The van der Waals surface area contributed by atoms with E-state index in [0.717, 1.165) is 52.7 Å². The van der Waals surface area contributed by atoms with Gasteiger partial charge in [0.2, 0.25) is 6.17 Å². The second-order valence-electron chi connectivity index (χ2n) is 10.3. The van der Waals surface area contributed by atoms with Crippen LogP contribution in [-0.4, -0.2) is 30.3 Å². The van der Waals surface area contributed by atoms with Gasteiger partial charge in [0.15, 0.2) is 5.13 Å². The molecule has 0 aliphatic carbocycles. The van der Waals surface area contributed by atoms with Crippen LogP contribution in [0.1, 0.15) is 29.2 Å². The lowest BCUT2D eigenvalue weighted by atomic mass is 10.1. The Morgan fingerprint density at radius 1 is 0.860 bits per heavy atom. The Hall–Kier alpha value is -4.49. The summed E-state index contributed by atoms with van der Waals surface area (Å²) in [6.45, 7) is 4.15. The van der Waals surface area contributed by atoms with Crippen LogP contribution in [-0.2, 0) is 35.5 Å². The zero-order chi connectivity index (χ0) is 29.9. The zero-order valence-electron chi connectivity index (χ0n) is 24.3. The zero-order valence-corrected chi connectivity index (χ0v) is 25.1. The van der Waals surface area contributed by atoms with Crippen LogP contribution < -0.4 is 10.2 Å². The van der Waals surface area contributed by atoms with E-state index in [9.17, 15) is 9.18 Å². The minimum atomic E-state index is -1.65. The number of carbonyl (C=O) groups excluding carboxylic acids is 1. The lowest BCUT2D eigenvalue weighted by molar-refractivity contribution is -0.149. The van der Waals surface area contributed by atoms with Crippen LogP contribution in [0, 0.1) is 0 Å². The fraction of sp³-hybridized carbons (Fsp3) is 0.222. The predicted octanol–water partition coefficient (Wildman–Crippen LogP) is 8.12. The predicted molar refractivity (Wildman–Crippen MR) is 174 cm³/mol. The van der Waals surface area contributed by atoms with Crippen molar-refractivity contribution in [3.8, 4) is 11.3 Å². The summed E-state index contributed by atoms with van der Waals surface area (Å²) < 4.78 is 18.8. The first-order valence-corrected chi connectivity index (χ1v) is 15.5. The van der Waals surface area contributed by atoms with Gasteiger partial charge in [-0.25, -0.2) is 14.2 Å². The largest absolute Gasteiger partial charge is 0.464 e. The number of hydrogen-bond donors (Lipinski definition) is 1. The molecule has 0 saturated carbocycles. The van der Waals surface area contributed by atoms with Crippen molar-refractivity contribution in [2.45, 2.75) is 39.0 Å². The number of aromatic nitrogens is 1. The molecule has 1 heterocycles. The average molecular weight is 594 g/mol. The number of esters is 1. The number of halogens is 1. The smallest absolute Gasteiger partial charge is 0.341 e. The average Bonchev–Trinajstić information content (AvgIpc) is 3.55. The molecular weight excluding hydrogens is 557 g/mol. The van der Waals surface area contributed by atoms with Crippen molar-refractivity contribution in [1.29, 1.82) is 0 Å². The molecule has 1 N–H and O–H groups in total. The Morgan fingerprint density at radius 2 is 1.51 bits per heavy atom. The Labute approximate surface area is 257 Å². The van der Waals surface area contributed by atoms with Crippen LogP contribution in [0.25, 0.3) is 11.3 Å². The van der Waals surface area contributed by atoms with Crippen molar-refractivity contribution in [3.63, 3.8) is 0 Å². The van der Waals surface area contributed by atoms with E-state index in [1.165, 1.54) is 11.1 Å². The van der Waals surface area contributed by atoms with Gasteiger partial charge < -0.3 is 15.0 Å². The molecule has 0 amide bonds. The molecule has 0 saturated heterocycles. The molecule has 220 valence electrons. The molecule has 0 aliphatic rings. The molecular formula is C36H36FN3O2S. The first-order chi connectivity index (χ1) is 21.1. The van der Waals surface area contributed by atoms with Gasteiger partial charge in [0.05, 0.1) is 12.3 Å². The summed E-state index contributed by atoms with van der Waals surface area (Å²) in [7, 11) is 0. The number of nitrogens with zero attached hydrogens (tertiary/aromatic N) is 2. The van der Waals surface area contributed by atoms with Crippen LogP contribution in [0.3, 0.4) is 0 Å². The standard InChI is InChI=1S/C36H36FN3O2S/c1-2-42-35(41)33(37)23-28-17-19-32(20-18-28)38-24-29-13-15-30(16-14-29)25-40(22-21-27-9-5-3-6-10-27)36-39-34(26-43-36)31-11-7-4-8-12-31/h3-20,26,33,38H,2,21-25H2,1H3. The lowest BCUT2D eigenvalue weighted by Gasteiger charge is -2.22. The number of hydrogen-bond acceptors (Lipinski definition) is 6. The van der Waals surface area contributed by atoms with Gasteiger partial charge in [-0.3, -0.25) is 0 Å². The van der Waals surface area contributed by atoms with Gasteiger partial charge in [0, 0.05) is 42.7 Å².